The van der Waals surface area contributed by atoms with E-state index in [1.54, 1.807) is 0 Å². The molecule has 17 heavy (non-hydrogen) atoms. The molecule has 2 N–H and O–H groups in total. The molecule has 0 aromatic heterocycles. The number of benzene rings is 1. The van der Waals surface area contributed by atoms with Crippen LogP contribution in [0.25, 0.3) is 0 Å². The average molecular weight is 298 g/mol. The Hall–Kier alpha value is -0.540. The molecular formula is C14H20BrNO. The second-order valence-electron chi connectivity index (χ2n) is 5.37. The maximum Gasteiger partial charge on any atom is 0.134 e. The van der Waals surface area contributed by atoms with Crippen LogP contribution in [0, 0.1) is 5.41 Å². The Kier molecular flexibility index (Phi) is 4.10. The zero-order chi connectivity index (χ0) is 12.3. The van der Waals surface area contributed by atoms with Crippen molar-refractivity contribution in [3.63, 3.8) is 0 Å². The molecule has 1 aliphatic rings. The zero-order valence-electron chi connectivity index (χ0n) is 10.3. The topological polar surface area (TPSA) is 32.3 Å². The van der Waals surface area contributed by atoms with E-state index in [-0.39, 0.29) is 0 Å². The van der Waals surface area contributed by atoms with Crippen LogP contribution in [0.2, 0.25) is 0 Å². The first-order chi connectivity index (χ1) is 8.11. The molecule has 1 saturated carbocycles. The zero-order valence-corrected chi connectivity index (χ0v) is 11.9. The third-order valence-corrected chi connectivity index (χ3v) is 4.39. The van der Waals surface area contributed by atoms with Crippen LogP contribution in [0.3, 0.4) is 0 Å². The summed E-state index contributed by atoms with van der Waals surface area (Å²) < 4.78 is 0.767. The van der Waals surface area contributed by atoms with E-state index >= 15 is 0 Å². The number of aromatic hydroxyl groups is 1. The fourth-order valence-electron chi connectivity index (χ4n) is 2.61. The van der Waals surface area contributed by atoms with Gasteiger partial charge in [0.2, 0.25) is 0 Å². The van der Waals surface area contributed by atoms with Crippen molar-refractivity contribution in [3.05, 3.63) is 28.2 Å². The minimum absolute atomic E-state index is 0.358. The third kappa shape index (κ3) is 3.23. The first-order valence-electron chi connectivity index (χ1n) is 6.28. The molecule has 0 radical (unpaired) electrons. The SMILES string of the molecule is CC1(CNCc2cccc(Br)c2O)CCCC1. The van der Waals surface area contributed by atoms with Gasteiger partial charge in [0.1, 0.15) is 5.75 Å². The molecule has 1 aromatic carbocycles. The molecule has 0 heterocycles. The van der Waals surface area contributed by atoms with Gasteiger partial charge in [-0.25, -0.2) is 0 Å². The number of para-hydroxylation sites is 1. The molecule has 1 fully saturated rings. The van der Waals surface area contributed by atoms with E-state index in [0.29, 0.717) is 11.2 Å². The van der Waals surface area contributed by atoms with Crippen LogP contribution < -0.4 is 5.32 Å². The summed E-state index contributed by atoms with van der Waals surface area (Å²) in [5.74, 6) is 0.358. The van der Waals surface area contributed by atoms with E-state index in [0.717, 1.165) is 23.1 Å². The van der Waals surface area contributed by atoms with Crippen LogP contribution in [0.5, 0.6) is 5.75 Å². The van der Waals surface area contributed by atoms with Crippen LogP contribution in [-0.4, -0.2) is 11.7 Å². The number of hydrogen-bond donors (Lipinski definition) is 2. The molecule has 0 aliphatic heterocycles. The van der Waals surface area contributed by atoms with E-state index in [9.17, 15) is 5.11 Å². The third-order valence-electron chi connectivity index (χ3n) is 3.75. The molecule has 2 rings (SSSR count). The lowest BCUT2D eigenvalue weighted by atomic mass is 9.89. The Labute approximate surface area is 112 Å². The Morgan fingerprint density at radius 1 is 1.35 bits per heavy atom. The predicted octanol–water partition coefficient (Wildman–Crippen LogP) is 3.82. The van der Waals surface area contributed by atoms with Gasteiger partial charge in [-0.15, -0.1) is 0 Å². The summed E-state index contributed by atoms with van der Waals surface area (Å²) in [5.41, 5.74) is 1.42. The Morgan fingerprint density at radius 3 is 2.76 bits per heavy atom. The van der Waals surface area contributed by atoms with Gasteiger partial charge in [-0.1, -0.05) is 31.9 Å². The van der Waals surface area contributed by atoms with Gasteiger partial charge in [0.15, 0.2) is 0 Å². The Bertz CT molecular complexity index is 386. The van der Waals surface area contributed by atoms with Crippen LogP contribution >= 0.6 is 15.9 Å². The van der Waals surface area contributed by atoms with Crippen molar-refractivity contribution in [2.24, 2.45) is 5.41 Å². The second kappa shape index (κ2) is 5.40. The van der Waals surface area contributed by atoms with Crippen molar-refractivity contribution in [2.75, 3.05) is 6.54 Å². The minimum atomic E-state index is 0.358. The molecule has 0 atom stereocenters. The van der Waals surface area contributed by atoms with Crippen molar-refractivity contribution in [1.29, 1.82) is 0 Å². The predicted molar refractivity (Wildman–Crippen MR) is 74.1 cm³/mol. The van der Waals surface area contributed by atoms with Gasteiger partial charge in [-0.05, 0) is 40.3 Å². The van der Waals surface area contributed by atoms with Crippen LogP contribution in [0.15, 0.2) is 22.7 Å². The molecule has 3 heteroatoms. The highest BCUT2D eigenvalue weighted by molar-refractivity contribution is 9.10. The summed E-state index contributed by atoms with van der Waals surface area (Å²) in [6.45, 7) is 4.13. The van der Waals surface area contributed by atoms with Gasteiger partial charge in [-0.3, -0.25) is 0 Å². The van der Waals surface area contributed by atoms with Crippen LogP contribution in [-0.2, 0) is 6.54 Å². The van der Waals surface area contributed by atoms with E-state index in [4.69, 9.17) is 0 Å². The van der Waals surface area contributed by atoms with Gasteiger partial charge >= 0.3 is 0 Å². The van der Waals surface area contributed by atoms with E-state index in [2.05, 4.69) is 28.2 Å². The summed E-state index contributed by atoms with van der Waals surface area (Å²) in [4.78, 5) is 0. The molecule has 0 unspecified atom stereocenters. The monoisotopic (exact) mass is 297 g/mol. The molecule has 0 amide bonds. The minimum Gasteiger partial charge on any atom is -0.506 e. The fourth-order valence-corrected chi connectivity index (χ4v) is 3.01. The highest BCUT2D eigenvalue weighted by Gasteiger charge is 2.27. The number of hydrogen-bond acceptors (Lipinski definition) is 2. The first kappa shape index (κ1) is 12.9. The van der Waals surface area contributed by atoms with Crippen molar-refractivity contribution < 1.29 is 5.11 Å². The quantitative estimate of drug-likeness (QED) is 0.885. The first-order valence-corrected chi connectivity index (χ1v) is 7.07. The average Bonchev–Trinajstić information content (AvgIpc) is 2.72. The molecule has 0 spiro atoms. The highest BCUT2D eigenvalue weighted by atomic mass is 79.9. The van der Waals surface area contributed by atoms with Gasteiger partial charge in [0, 0.05) is 18.7 Å². The number of phenols is 1. The van der Waals surface area contributed by atoms with Gasteiger partial charge in [-0.2, -0.15) is 0 Å². The lowest BCUT2D eigenvalue weighted by Crippen LogP contribution is -2.29. The van der Waals surface area contributed by atoms with Gasteiger partial charge in [0.05, 0.1) is 4.47 Å². The second-order valence-corrected chi connectivity index (χ2v) is 6.22. The number of phenolic OH excluding ortho intramolecular Hbond substituents is 1. The summed E-state index contributed by atoms with van der Waals surface area (Å²) in [5, 5.41) is 13.3. The molecule has 2 nitrogen and oxygen atoms in total. The summed E-state index contributed by atoms with van der Waals surface area (Å²) in [6.07, 6.45) is 5.37. The van der Waals surface area contributed by atoms with Crippen molar-refractivity contribution in [2.45, 2.75) is 39.2 Å². The molecular weight excluding hydrogens is 278 g/mol. The van der Waals surface area contributed by atoms with Gasteiger partial charge in [0.25, 0.3) is 0 Å². The Balaban J connectivity index is 1.88. The van der Waals surface area contributed by atoms with E-state index < -0.39 is 0 Å². The summed E-state index contributed by atoms with van der Waals surface area (Å²) in [6, 6.07) is 5.78. The fraction of sp³-hybridized carbons (Fsp3) is 0.571. The maximum absolute atomic E-state index is 9.87. The summed E-state index contributed by atoms with van der Waals surface area (Å²) >= 11 is 3.34. The lowest BCUT2D eigenvalue weighted by molar-refractivity contribution is 0.313. The number of nitrogens with one attached hydrogen (secondary N) is 1. The molecule has 0 bridgehead atoms. The smallest absolute Gasteiger partial charge is 0.134 e. The standard InChI is InChI=1S/C14H20BrNO/c1-14(7-2-3-8-14)10-16-9-11-5-4-6-12(15)13(11)17/h4-6,16-17H,2-3,7-10H2,1H3. The van der Waals surface area contributed by atoms with Crippen molar-refractivity contribution in [1.82, 2.24) is 5.32 Å². The normalized spacial score (nSPS) is 18.5. The molecule has 1 aliphatic carbocycles. The molecule has 94 valence electrons. The van der Waals surface area contributed by atoms with Crippen LogP contribution in [0.4, 0.5) is 0 Å². The van der Waals surface area contributed by atoms with E-state index in [1.807, 2.05) is 18.2 Å². The highest BCUT2D eigenvalue weighted by Crippen LogP contribution is 2.36. The molecule has 1 aromatic rings. The lowest BCUT2D eigenvalue weighted by Gasteiger charge is -2.24. The largest absolute Gasteiger partial charge is 0.506 e. The van der Waals surface area contributed by atoms with E-state index in [1.165, 1.54) is 25.7 Å². The summed E-state index contributed by atoms with van der Waals surface area (Å²) in [7, 11) is 0. The van der Waals surface area contributed by atoms with Gasteiger partial charge < -0.3 is 10.4 Å². The molecule has 0 saturated heterocycles. The maximum atomic E-state index is 9.87. The Morgan fingerprint density at radius 2 is 2.06 bits per heavy atom. The van der Waals surface area contributed by atoms with Crippen LogP contribution in [0.1, 0.15) is 38.2 Å². The van der Waals surface area contributed by atoms with Crippen molar-refractivity contribution in [3.8, 4) is 5.75 Å². The number of rotatable bonds is 4. The number of halogens is 1. The van der Waals surface area contributed by atoms with Crippen molar-refractivity contribution >= 4 is 15.9 Å².